The van der Waals surface area contributed by atoms with Crippen LogP contribution >= 0.6 is 12.2 Å². The lowest BCUT2D eigenvalue weighted by atomic mass is 10.3. The monoisotopic (exact) mass is 240 g/mol. The van der Waals surface area contributed by atoms with Crippen molar-refractivity contribution in [2.75, 3.05) is 13.1 Å². The van der Waals surface area contributed by atoms with E-state index in [1.54, 1.807) is 6.33 Å². The summed E-state index contributed by atoms with van der Waals surface area (Å²) in [5.41, 5.74) is 0. The molecular formula is C11H20N4S. The molecule has 0 amide bonds. The van der Waals surface area contributed by atoms with Gasteiger partial charge in [0.1, 0.15) is 6.33 Å². The van der Waals surface area contributed by atoms with Crippen LogP contribution < -0.4 is 0 Å². The van der Waals surface area contributed by atoms with E-state index in [4.69, 9.17) is 12.2 Å². The SMILES string of the molecule is CCCN(CC1CC1)Cn1ncn(C)c1=S. The van der Waals surface area contributed by atoms with Gasteiger partial charge in [0.05, 0.1) is 6.67 Å². The Morgan fingerprint density at radius 3 is 2.81 bits per heavy atom. The molecule has 1 heterocycles. The standard InChI is InChI=1S/C11H20N4S/c1-3-6-14(7-10-4-5-10)9-15-11(16)13(2)8-12-15/h8,10H,3-7,9H2,1-2H3. The van der Waals surface area contributed by atoms with Gasteiger partial charge >= 0.3 is 0 Å². The number of hydrogen-bond acceptors (Lipinski definition) is 3. The zero-order chi connectivity index (χ0) is 11.5. The van der Waals surface area contributed by atoms with E-state index in [-0.39, 0.29) is 0 Å². The molecule has 0 spiro atoms. The maximum Gasteiger partial charge on any atom is 0.198 e. The van der Waals surface area contributed by atoms with E-state index in [9.17, 15) is 0 Å². The minimum atomic E-state index is 0.803. The van der Waals surface area contributed by atoms with Crippen LogP contribution in [0.4, 0.5) is 0 Å². The highest BCUT2D eigenvalue weighted by molar-refractivity contribution is 7.71. The summed E-state index contributed by atoms with van der Waals surface area (Å²) in [4.78, 5) is 2.46. The molecule has 0 saturated heterocycles. The Morgan fingerprint density at radius 1 is 1.56 bits per heavy atom. The molecule has 2 rings (SSSR count). The molecule has 1 aliphatic carbocycles. The summed E-state index contributed by atoms with van der Waals surface area (Å²) < 4.78 is 4.60. The van der Waals surface area contributed by atoms with E-state index < -0.39 is 0 Å². The van der Waals surface area contributed by atoms with Crippen LogP contribution in [0.2, 0.25) is 0 Å². The molecule has 1 fully saturated rings. The molecule has 16 heavy (non-hydrogen) atoms. The van der Waals surface area contributed by atoms with E-state index in [2.05, 4.69) is 16.9 Å². The summed E-state index contributed by atoms with van der Waals surface area (Å²) >= 11 is 5.30. The van der Waals surface area contributed by atoms with Gasteiger partial charge in [0.25, 0.3) is 0 Å². The second-order valence-corrected chi connectivity index (χ2v) is 5.05. The molecule has 0 atom stereocenters. The van der Waals surface area contributed by atoms with Crippen LogP contribution in [-0.4, -0.2) is 32.3 Å². The van der Waals surface area contributed by atoms with E-state index in [0.29, 0.717) is 0 Å². The highest BCUT2D eigenvalue weighted by atomic mass is 32.1. The fourth-order valence-corrected chi connectivity index (χ4v) is 2.06. The molecular weight excluding hydrogens is 220 g/mol. The quantitative estimate of drug-likeness (QED) is 0.712. The minimum Gasteiger partial charge on any atom is -0.310 e. The summed E-state index contributed by atoms with van der Waals surface area (Å²) in [6.07, 6.45) is 5.76. The van der Waals surface area contributed by atoms with Gasteiger partial charge in [-0.3, -0.25) is 4.90 Å². The lowest BCUT2D eigenvalue weighted by Crippen LogP contribution is -2.30. The first-order chi connectivity index (χ1) is 7.70. The molecule has 1 aromatic rings. The number of nitrogens with zero attached hydrogens (tertiary/aromatic N) is 4. The molecule has 0 bridgehead atoms. The Hall–Kier alpha value is -0.680. The van der Waals surface area contributed by atoms with E-state index in [0.717, 1.165) is 23.9 Å². The van der Waals surface area contributed by atoms with Crippen molar-refractivity contribution in [2.45, 2.75) is 32.9 Å². The molecule has 0 unspecified atom stereocenters. The van der Waals surface area contributed by atoms with Crippen LogP contribution in [-0.2, 0) is 13.7 Å². The smallest absolute Gasteiger partial charge is 0.198 e. The Morgan fingerprint density at radius 2 is 2.31 bits per heavy atom. The van der Waals surface area contributed by atoms with Gasteiger partial charge in [-0.05, 0) is 43.9 Å². The minimum absolute atomic E-state index is 0.803. The zero-order valence-corrected chi connectivity index (χ0v) is 10.9. The number of rotatable bonds is 6. The van der Waals surface area contributed by atoms with Gasteiger partial charge in [0.2, 0.25) is 0 Å². The first-order valence-corrected chi connectivity index (χ1v) is 6.42. The average Bonchev–Trinajstić information content (AvgIpc) is 3.01. The molecule has 0 aliphatic heterocycles. The molecule has 0 radical (unpaired) electrons. The third-order valence-electron chi connectivity index (χ3n) is 2.97. The largest absolute Gasteiger partial charge is 0.310 e. The fraction of sp³-hybridized carbons (Fsp3) is 0.818. The van der Waals surface area contributed by atoms with Gasteiger partial charge in [0.15, 0.2) is 4.77 Å². The Bertz CT molecular complexity index is 391. The van der Waals surface area contributed by atoms with Crippen LogP contribution in [0, 0.1) is 10.7 Å². The Labute approximate surface area is 102 Å². The number of hydrogen-bond donors (Lipinski definition) is 0. The van der Waals surface area contributed by atoms with Crippen molar-refractivity contribution in [3.05, 3.63) is 11.1 Å². The third-order valence-corrected chi connectivity index (χ3v) is 3.47. The molecule has 1 aliphatic rings. The normalized spacial score (nSPS) is 15.9. The Kier molecular flexibility index (Phi) is 3.76. The molecule has 0 N–H and O–H groups in total. The maximum absolute atomic E-state index is 5.30. The van der Waals surface area contributed by atoms with Crippen LogP contribution in [0.5, 0.6) is 0 Å². The van der Waals surface area contributed by atoms with Crippen molar-refractivity contribution in [1.82, 2.24) is 19.2 Å². The topological polar surface area (TPSA) is 26.0 Å². The van der Waals surface area contributed by atoms with Crippen LogP contribution in [0.25, 0.3) is 0 Å². The summed E-state index contributed by atoms with van der Waals surface area (Å²) in [5, 5.41) is 4.30. The molecule has 1 aromatic heterocycles. The van der Waals surface area contributed by atoms with Crippen LogP contribution in [0.1, 0.15) is 26.2 Å². The average molecular weight is 240 g/mol. The molecule has 4 nitrogen and oxygen atoms in total. The van der Waals surface area contributed by atoms with Crippen molar-refractivity contribution >= 4 is 12.2 Å². The van der Waals surface area contributed by atoms with Crippen molar-refractivity contribution in [3.63, 3.8) is 0 Å². The van der Waals surface area contributed by atoms with Crippen molar-refractivity contribution in [2.24, 2.45) is 13.0 Å². The van der Waals surface area contributed by atoms with Crippen LogP contribution in [0.3, 0.4) is 0 Å². The second-order valence-electron chi connectivity index (χ2n) is 4.69. The van der Waals surface area contributed by atoms with Gasteiger partial charge in [-0.25, -0.2) is 4.68 Å². The van der Waals surface area contributed by atoms with Crippen molar-refractivity contribution in [1.29, 1.82) is 0 Å². The fourth-order valence-electron chi connectivity index (χ4n) is 1.91. The van der Waals surface area contributed by atoms with Gasteiger partial charge in [0, 0.05) is 13.6 Å². The highest BCUT2D eigenvalue weighted by Gasteiger charge is 2.24. The van der Waals surface area contributed by atoms with E-state index in [1.807, 2.05) is 16.3 Å². The summed E-state index contributed by atoms with van der Waals surface area (Å²) in [6.45, 7) is 5.39. The van der Waals surface area contributed by atoms with Gasteiger partial charge < -0.3 is 4.57 Å². The summed E-state index contributed by atoms with van der Waals surface area (Å²) in [7, 11) is 1.94. The molecule has 5 heteroatoms. The first kappa shape index (κ1) is 11.8. The maximum atomic E-state index is 5.30. The predicted octanol–water partition coefficient (Wildman–Crippen LogP) is 2.03. The Balaban J connectivity index is 1.98. The second kappa shape index (κ2) is 5.10. The molecule has 0 aromatic carbocycles. The lowest BCUT2D eigenvalue weighted by Gasteiger charge is -2.21. The molecule has 1 saturated carbocycles. The summed E-state index contributed by atoms with van der Waals surface area (Å²) in [6, 6.07) is 0. The number of aryl methyl sites for hydroxylation is 1. The van der Waals surface area contributed by atoms with Gasteiger partial charge in [-0.1, -0.05) is 6.92 Å². The third kappa shape index (κ3) is 2.92. The van der Waals surface area contributed by atoms with E-state index >= 15 is 0 Å². The van der Waals surface area contributed by atoms with Crippen molar-refractivity contribution < 1.29 is 0 Å². The van der Waals surface area contributed by atoms with Crippen LogP contribution in [0.15, 0.2) is 6.33 Å². The number of aromatic nitrogens is 3. The first-order valence-electron chi connectivity index (χ1n) is 6.01. The summed E-state index contributed by atoms with van der Waals surface area (Å²) in [5.74, 6) is 0.921. The van der Waals surface area contributed by atoms with E-state index in [1.165, 1.54) is 25.8 Å². The van der Waals surface area contributed by atoms with Gasteiger partial charge in [-0.15, -0.1) is 0 Å². The molecule has 90 valence electrons. The van der Waals surface area contributed by atoms with Crippen molar-refractivity contribution in [3.8, 4) is 0 Å². The predicted molar refractivity (Wildman–Crippen MR) is 66.6 cm³/mol. The van der Waals surface area contributed by atoms with Gasteiger partial charge in [-0.2, -0.15) is 5.10 Å². The highest BCUT2D eigenvalue weighted by Crippen LogP contribution is 2.29. The zero-order valence-electron chi connectivity index (χ0n) is 10.1. The lowest BCUT2D eigenvalue weighted by molar-refractivity contribution is 0.197.